The summed E-state index contributed by atoms with van der Waals surface area (Å²) in [5, 5.41) is 18.4. The number of thioether (sulfide) groups is 1. The summed E-state index contributed by atoms with van der Waals surface area (Å²) in [5.41, 5.74) is 0.954. The van der Waals surface area contributed by atoms with E-state index >= 15 is 0 Å². The van der Waals surface area contributed by atoms with Gasteiger partial charge in [0, 0.05) is 16.2 Å². The van der Waals surface area contributed by atoms with Crippen molar-refractivity contribution in [3.05, 3.63) is 52.5 Å². The second-order valence-corrected chi connectivity index (χ2v) is 5.48. The van der Waals surface area contributed by atoms with Gasteiger partial charge in [0.2, 0.25) is 0 Å². The van der Waals surface area contributed by atoms with Crippen LogP contribution in [0, 0.1) is 13.8 Å². The Kier molecular flexibility index (Phi) is 4.37. The number of hydrogen-bond acceptors (Lipinski definition) is 4. The number of carbonyl (C=O) groups is 2. The molecule has 0 aliphatic heterocycles. The number of rotatable bonds is 5. The average molecular weight is 306 g/mol. The smallest absolute Gasteiger partial charge is 0.339 e. The minimum atomic E-state index is -1.04. The van der Waals surface area contributed by atoms with Gasteiger partial charge in [0.1, 0.15) is 17.1 Å². The maximum absolute atomic E-state index is 11.3. The lowest BCUT2D eigenvalue weighted by molar-refractivity contribution is 0.0682. The molecule has 2 N–H and O–H groups in total. The number of benzene rings is 1. The van der Waals surface area contributed by atoms with E-state index in [4.69, 9.17) is 9.52 Å². The van der Waals surface area contributed by atoms with Crippen LogP contribution in [0.3, 0.4) is 0 Å². The van der Waals surface area contributed by atoms with Gasteiger partial charge in [-0.25, -0.2) is 9.59 Å². The minimum absolute atomic E-state index is 0.160. The van der Waals surface area contributed by atoms with Crippen molar-refractivity contribution in [2.75, 3.05) is 0 Å². The number of furan rings is 1. The van der Waals surface area contributed by atoms with E-state index in [0.29, 0.717) is 27.7 Å². The maximum atomic E-state index is 11.3. The molecule has 0 aliphatic rings. The molecule has 0 saturated heterocycles. The fourth-order valence-corrected chi connectivity index (χ4v) is 3.24. The Labute approximate surface area is 125 Å². The highest BCUT2D eigenvalue weighted by Gasteiger charge is 2.21. The molecule has 0 unspecified atom stereocenters. The monoisotopic (exact) mass is 306 g/mol. The molecule has 0 bridgehead atoms. The highest BCUT2D eigenvalue weighted by molar-refractivity contribution is 7.98. The maximum Gasteiger partial charge on any atom is 0.339 e. The van der Waals surface area contributed by atoms with Crippen molar-refractivity contribution in [3.8, 4) is 0 Å². The van der Waals surface area contributed by atoms with Crippen LogP contribution < -0.4 is 0 Å². The standard InChI is InChI=1S/C15H14O5S/c1-8-11(13(15(18)19)9(2)20-8)7-21-12-6-4-3-5-10(12)14(16)17/h3-6H,7H2,1-2H3,(H,16,17)(H,18,19). The van der Waals surface area contributed by atoms with Crippen LogP contribution in [-0.2, 0) is 5.75 Å². The molecule has 0 radical (unpaired) electrons. The number of aryl methyl sites for hydroxylation is 2. The number of carboxylic acid groups (broad SMARTS) is 2. The summed E-state index contributed by atoms with van der Waals surface area (Å²) in [4.78, 5) is 23.0. The van der Waals surface area contributed by atoms with Gasteiger partial charge in [-0.15, -0.1) is 11.8 Å². The van der Waals surface area contributed by atoms with E-state index in [1.165, 1.54) is 17.8 Å². The lowest BCUT2D eigenvalue weighted by Crippen LogP contribution is -2.02. The van der Waals surface area contributed by atoms with E-state index in [1.807, 2.05) is 0 Å². The molecule has 2 aromatic rings. The van der Waals surface area contributed by atoms with Gasteiger partial charge < -0.3 is 14.6 Å². The van der Waals surface area contributed by atoms with Gasteiger partial charge in [0.15, 0.2) is 0 Å². The van der Waals surface area contributed by atoms with Gasteiger partial charge in [-0.3, -0.25) is 0 Å². The summed E-state index contributed by atoms with van der Waals surface area (Å²) in [5.74, 6) is -0.787. The molecule has 2 rings (SSSR count). The van der Waals surface area contributed by atoms with Crippen LogP contribution in [0.15, 0.2) is 33.6 Å². The average Bonchev–Trinajstić information content (AvgIpc) is 2.70. The highest BCUT2D eigenvalue weighted by Crippen LogP contribution is 2.31. The molecule has 5 nitrogen and oxygen atoms in total. The van der Waals surface area contributed by atoms with E-state index in [-0.39, 0.29) is 11.1 Å². The predicted molar refractivity (Wildman–Crippen MR) is 78.1 cm³/mol. The van der Waals surface area contributed by atoms with E-state index in [1.54, 1.807) is 32.0 Å². The van der Waals surface area contributed by atoms with Crippen LogP contribution in [0.5, 0.6) is 0 Å². The van der Waals surface area contributed by atoms with Gasteiger partial charge in [0.05, 0.1) is 5.56 Å². The van der Waals surface area contributed by atoms with E-state index in [2.05, 4.69) is 0 Å². The lowest BCUT2D eigenvalue weighted by atomic mass is 10.1. The fourth-order valence-electron chi connectivity index (χ4n) is 2.10. The Hall–Kier alpha value is -2.21. The Morgan fingerprint density at radius 2 is 1.76 bits per heavy atom. The Morgan fingerprint density at radius 1 is 1.10 bits per heavy atom. The molecule has 0 atom stereocenters. The first-order valence-corrected chi connectivity index (χ1v) is 7.17. The zero-order chi connectivity index (χ0) is 15.6. The van der Waals surface area contributed by atoms with Gasteiger partial charge in [-0.2, -0.15) is 0 Å². The van der Waals surface area contributed by atoms with Crippen molar-refractivity contribution < 1.29 is 24.2 Å². The molecule has 1 aromatic carbocycles. The van der Waals surface area contributed by atoms with Crippen molar-refractivity contribution in [3.63, 3.8) is 0 Å². The Morgan fingerprint density at radius 3 is 2.38 bits per heavy atom. The van der Waals surface area contributed by atoms with Crippen molar-refractivity contribution in [1.82, 2.24) is 0 Å². The van der Waals surface area contributed by atoms with Gasteiger partial charge in [-0.1, -0.05) is 12.1 Å². The molecular weight excluding hydrogens is 292 g/mol. The third-order valence-electron chi connectivity index (χ3n) is 3.09. The first-order valence-electron chi connectivity index (χ1n) is 6.19. The molecular formula is C15H14O5S. The summed E-state index contributed by atoms with van der Waals surface area (Å²) in [6, 6.07) is 6.64. The Balaban J connectivity index is 2.29. The molecule has 21 heavy (non-hydrogen) atoms. The summed E-state index contributed by atoms with van der Waals surface area (Å²) >= 11 is 1.28. The molecule has 0 amide bonds. The first-order chi connectivity index (χ1) is 9.91. The van der Waals surface area contributed by atoms with Crippen molar-refractivity contribution in [1.29, 1.82) is 0 Å². The van der Waals surface area contributed by atoms with Crippen LogP contribution >= 0.6 is 11.8 Å². The van der Waals surface area contributed by atoms with Crippen molar-refractivity contribution in [2.24, 2.45) is 0 Å². The molecule has 110 valence electrons. The van der Waals surface area contributed by atoms with Crippen LogP contribution in [0.25, 0.3) is 0 Å². The molecule has 0 spiro atoms. The zero-order valence-electron chi connectivity index (χ0n) is 11.5. The second kappa shape index (κ2) is 6.05. The summed E-state index contributed by atoms with van der Waals surface area (Å²) < 4.78 is 5.36. The SMILES string of the molecule is Cc1oc(C)c(C(=O)O)c1CSc1ccccc1C(=O)O. The van der Waals surface area contributed by atoms with Crippen LogP contribution in [-0.4, -0.2) is 22.2 Å². The lowest BCUT2D eigenvalue weighted by Gasteiger charge is -2.06. The molecule has 6 heteroatoms. The molecule has 1 aromatic heterocycles. The van der Waals surface area contributed by atoms with Crippen LogP contribution in [0.2, 0.25) is 0 Å². The number of aromatic carboxylic acids is 2. The van der Waals surface area contributed by atoms with E-state index in [0.717, 1.165) is 0 Å². The summed E-state index contributed by atoms with van der Waals surface area (Å²) in [7, 11) is 0. The van der Waals surface area contributed by atoms with Crippen LogP contribution in [0.4, 0.5) is 0 Å². The highest BCUT2D eigenvalue weighted by atomic mass is 32.2. The topological polar surface area (TPSA) is 87.7 Å². The van der Waals surface area contributed by atoms with Gasteiger partial charge in [-0.05, 0) is 26.0 Å². The molecule has 0 aliphatic carbocycles. The quantitative estimate of drug-likeness (QED) is 0.821. The van der Waals surface area contributed by atoms with E-state index in [9.17, 15) is 14.7 Å². The summed E-state index contributed by atoms with van der Waals surface area (Å²) in [6.45, 7) is 3.31. The first kappa shape index (κ1) is 15.2. The summed E-state index contributed by atoms with van der Waals surface area (Å²) in [6.07, 6.45) is 0. The van der Waals surface area contributed by atoms with Gasteiger partial charge >= 0.3 is 11.9 Å². The minimum Gasteiger partial charge on any atom is -0.478 e. The molecule has 0 saturated carbocycles. The third kappa shape index (κ3) is 3.11. The normalized spacial score (nSPS) is 10.6. The third-order valence-corrected chi connectivity index (χ3v) is 4.19. The van der Waals surface area contributed by atoms with Crippen LogP contribution in [0.1, 0.15) is 37.8 Å². The second-order valence-electron chi connectivity index (χ2n) is 4.46. The van der Waals surface area contributed by atoms with Crippen molar-refractivity contribution in [2.45, 2.75) is 24.5 Å². The zero-order valence-corrected chi connectivity index (χ0v) is 12.4. The van der Waals surface area contributed by atoms with Gasteiger partial charge in [0.25, 0.3) is 0 Å². The number of carboxylic acids is 2. The molecule has 0 fully saturated rings. The van der Waals surface area contributed by atoms with Crippen molar-refractivity contribution >= 4 is 23.7 Å². The Bertz CT molecular complexity index is 702. The molecule has 1 heterocycles. The number of hydrogen-bond donors (Lipinski definition) is 2. The van der Waals surface area contributed by atoms with E-state index < -0.39 is 11.9 Å². The largest absolute Gasteiger partial charge is 0.478 e. The fraction of sp³-hybridized carbons (Fsp3) is 0.200. The predicted octanol–water partition coefficient (Wildman–Crippen LogP) is 3.59.